The summed E-state index contributed by atoms with van der Waals surface area (Å²) in [5.74, 6) is 0.974. The molecule has 0 fully saturated rings. The SMILES string of the molecule is C[C@@H](CCc1ccco1)NC(=O)Cn1ccc2c(Br)cccc21. The Kier molecular flexibility index (Phi) is 4.86. The fraction of sp³-hybridized carbons (Fsp3) is 0.278. The first-order valence-electron chi connectivity index (χ1n) is 7.68. The van der Waals surface area contributed by atoms with Crippen LogP contribution in [-0.2, 0) is 17.8 Å². The van der Waals surface area contributed by atoms with E-state index >= 15 is 0 Å². The van der Waals surface area contributed by atoms with Gasteiger partial charge >= 0.3 is 0 Å². The molecule has 0 radical (unpaired) electrons. The number of aryl methyl sites for hydroxylation is 1. The number of fused-ring (bicyclic) bond motifs is 1. The Hall–Kier alpha value is -2.01. The van der Waals surface area contributed by atoms with E-state index in [0.29, 0.717) is 6.54 Å². The maximum absolute atomic E-state index is 12.2. The molecule has 2 heterocycles. The second-order valence-corrected chi connectivity index (χ2v) is 6.56. The van der Waals surface area contributed by atoms with Crippen LogP contribution in [0.1, 0.15) is 19.1 Å². The molecule has 3 aromatic rings. The van der Waals surface area contributed by atoms with Crippen LogP contribution in [0.3, 0.4) is 0 Å². The van der Waals surface area contributed by atoms with Crippen LogP contribution in [0.25, 0.3) is 10.9 Å². The van der Waals surface area contributed by atoms with E-state index in [-0.39, 0.29) is 11.9 Å². The van der Waals surface area contributed by atoms with Crippen LogP contribution in [0.5, 0.6) is 0 Å². The molecule has 1 N–H and O–H groups in total. The van der Waals surface area contributed by atoms with Crippen LogP contribution in [0.15, 0.2) is 57.7 Å². The highest BCUT2D eigenvalue weighted by Gasteiger charge is 2.11. The lowest BCUT2D eigenvalue weighted by atomic mass is 10.1. The molecule has 120 valence electrons. The number of nitrogens with zero attached hydrogens (tertiary/aromatic N) is 1. The van der Waals surface area contributed by atoms with Crippen molar-refractivity contribution in [2.75, 3.05) is 0 Å². The number of halogens is 1. The third kappa shape index (κ3) is 3.85. The number of nitrogens with one attached hydrogen (secondary N) is 1. The molecule has 0 spiro atoms. The number of aromatic nitrogens is 1. The number of furan rings is 1. The van der Waals surface area contributed by atoms with Gasteiger partial charge < -0.3 is 14.3 Å². The quantitative estimate of drug-likeness (QED) is 0.704. The molecular weight excluding hydrogens is 356 g/mol. The number of hydrogen-bond donors (Lipinski definition) is 1. The highest BCUT2D eigenvalue weighted by molar-refractivity contribution is 9.10. The first-order valence-corrected chi connectivity index (χ1v) is 8.48. The lowest BCUT2D eigenvalue weighted by Gasteiger charge is -2.14. The molecule has 2 aromatic heterocycles. The Balaban J connectivity index is 1.57. The second-order valence-electron chi connectivity index (χ2n) is 5.70. The van der Waals surface area contributed by atoms with E-state index in [1.165, 1.54) is 0 Å². The molecule has 0 saturated heterocycles. The molecule has 0 unspecified atom stereocenters. The van der Waals surface area contributed by atoms with Gasteiger partial charge in [-0.25, -0.2) is 0 Å². The average Bonchev–Trinajstić information content (AvgIpc) is 3.16. The fourth-order valence-electron chi connectivity index (χ4n) is 2.68. The molecule has 1 aromatic carbocycles. The van der Waals surface area contributed by atoms with Crippen LogP contribution in [0.2, 0.25) is 0 Å². The van der Waals surface area contributed by atoms with Crippen molar-refractivity contribution in [3.05, 3.63) is 59.1 Å². The Labute approximate surface area is 143 Å². The molecule has 5 heteroatoms. The summed E-state index contributed by atoms with van der Waals surface area (Å²) >= 11 is 3.53. The first-order chi connectivity index (χ1) is 11.1. The average molecular weight is 375 g/mol. The fourth-order valence-corrected chi connectivity index (χ4v) is 3.17. The van der Waals surface area contributed by atoms with E-state index in [2.05, 4.69) is 21.2 Å². The number of carbonyl (C=O) groups is 1. The minimum Gasteiger partial charge on any atom is -0.469 e. The molecule has 1 atom stereocenters. The van der Waals surface area contributed by atoms with Gasteiger partial charge in [-0.05, 0) is 43.7 Å². The van der Waals surface area contributed by atoms with Crippen molar-refractivity contribution in [2.45, 2.75) is 32.4 Å². The summed E-state index contributed by atoms with van der Waals surface area (Å²) in [6.45, 7) is 2.34. The van der Waals surface area contributed by atoms with Gasteiger partial charge in [-0.2, -0.15) is 0 Å². The summed E-state index contributed by atoms with van der Waals surface area (Å²) in [7, 11) is 0. The standard InChI is InChI=1S/C18H19BrN2O2/c1-13(7-8-14-4-3-11-23-14)20-18(22)12-21-10-9-15-16(19)5-2-6-17(15)21/h2-6,9-11,13H,7-8,12H2,1H3,(H,20,22)/t13-/m0/s1. The van der Waals surface area contributed by atoms with Crippen molar-refractivity contribution in [2.24, 2.45) is 0 Å². The van der Waals surface area contributed by atoms with E-state index in [9.17, 15) is 4.79 Å². The predicted octanol–water partition coefficient (Wildman–Crippen LogP) is 4.13. The lowest BCUT2D eigenvalue weighted by Crippen LogP contribution is -2.35. The van der Waals surface area contributed by atoms with E-state index in [0.717, 1.165) is 34.0 Å². The van der Waals surface area contributed by atoms with Gasteiger partial charge in [0.1, 0.15) is 12.3 Å². The predicted molar refractivity (Wildman–Crippen MR) is 94.3 cm³/mol. The number of rotatable bonds is 6. The van der Waals surface area contributed by atoms with Crippen molar-refractivity contribution < 1.29 is 9.21 Å². The first kappa shape index (κ1) is 15.9. The van der Waals surface area contributed by atoms with Crippen molar-refractivity contribution in [1.82, 2.24) is 9.88 Å². The zero-order valence-electron chi connectivity index (χ0n) is 13.0. The van der Waals surface area contributed by atoms with E-state index in [1.807, 2.05) is 54.1 Å². The molecule has 4 nitrogen and oxygen atoms in total. The van der Waals surface area contributed by atoms with Crippen molar-refractivity contribution in [3.8, 4) is 0 Å². The molecule has 0 aliphatic rings. The molecule has 23 heavy (non-hydrogen) atoms. The van der Waals surface area contributed by atoms with Crippen LogP contribution >= 0.6 is 15.9 Å². The topological polar surface area (TPSA) is 47.2 Å². The van der Waals surface area contributed by atoms with Gasteiger partial charge in [0.05, 0.1) is 6.26 Å². The highest BCUT2D eigenvalue weighted by Crippen LogP contribution is 2.24. The van der Waals surface area contributed by atoms with Crippen LogP contribution in [0.4, 0.5) is 0 Å². The molecule has 0 bridgehead atoms. The third-order valence-corrected chi connectivity index (χ3v) is 4.58. The van der Waals surface area contributed by atoms with Gasteiger partial charge in [-0.3, -0.25) is 4.79 Å². The van der Waals surface area contributed by atoms with Gasteiger partial charge in [0.15, 0.2) is 0 Å². The Bertz CT molecular complexity index is 793. The number of carbonyl (C=O) groups excluding carboxylic acids is 1. The summed E-state index contributed by atoms with van der Waals surface area (Å²) in [4.78, 5) is 12.2. The zero-order valence-corrected chi connectivity index (χ0v) is 14.5. The van der Waals surface area contributed by atoms with Crippen molar-refractivity contribution in [1.29, 1.82) is 0 Å². The van der Waals surface area contributed by atoms with E-state index in [4.69, 9.17) is 4.42 Å². The number of benzene rings is 1. The Morgan fingerprint density at radius 1 is 1.30 bits per heavy atom. The summed E-state index contributed by atoms with van der Waals surface area (Å²) in [5, 5.41) is 4.16. The lowest BCUT2D eigenvalue weighted by molar-refractivity contribution is -0.122. The second kappa shape index (κ2) is 7.04. The van der Waals surface area contributed by atoms with E-state index < -0.39 is 0 Å². The van der Waals surface area contributed by atoms with Gasteiger partial charge in [0, 0.05) is 34.0 Å². The Morgan fingerprint density at radius 2 is 2.17 bits per heavy atom. The molecule has 3 rings (SSSR count). The van der Waals surface area contributed by atoms with Gasteiger partial charge in [-0.15, -0.1) is 0 Å². The monoisotopic (exact) mass is 374 g/mol. The third-order valence-electron chi connectivity index (χ3n) is 3.89. The van der Waals surface area contributed by atoms with Crippen LogP contribution < -0.4 is 5.32 Å². The summed E-state index contributed by atoms with van der Waals surface area (Å²) < 4.78 is 8.32. The van der Waals surface area contributed by atoms with Crippen LogP contribution in [-0.4, -0.2) is 16.5 Å². The normalized spacial score (nSPS) is 12.4. The minimum atomic E-state index is 0.0226. The van der Waals surface area contributed by atoms with Gasteiger partial charge in [0.25, 0.3) is 0 Å². The molecular formula is C18H19BrN2O2. The Morgan fingerprint density at radius 3 is 2.96 bits per heavy atom. The highest BCUT2D eigenvalue weighted by atomic mass is 79.9. The maximum atomic E-state index is 12.2. The van der Waals surface area contributed by atoms with Crippen LogP contribution in [0, 0.1) is 0 Å². The zero-order chi connectivity index (χ0) is 16.2. The largest absolute Gasteiger partial charge is 0.469 e. The summed E-state index contributed by atoms with van der Waals surface area (Å²) in [5.41, 5.74) is 1.05. The summed E-state index contributed by atoms with van der Waals surface area (Å²) in [6, 6.07) is 12.0. The molecule has 0 aliphatic carbocycles. The molecule has 0 aliphatic heterocycles. The maximum Gasteiger partial charge on any atom is 0.240 e. The van der Waals surface area contributed by atoms with Crippen molar-refractivity contribution >= 4 is 32.7 Å². The number of hydrogen-bond acceptors (Lipinski definition) is 2. The summed E-state index contributed by atoms with van der Waals surface area (Å²) in [6.07, 6.45) is 5.31. The minimum absolute atomic E-state index is 0.0226. The smallest absolute Gasteiger partial charge is 0.240 e. The molecule has 0 saturated carbocycles. The van der Waals surface area contributed by atoms with Crippen molar-refractivity contribution in [3.63, 3.8) is 0 Å². The van der Waals surface area contributed by atoms with E-state index in [1.54, 1.807) is 6.26 Å². The van der Waals surface area contributed by atoms with Gasteiger partial charge in [0.2, 0.25) is 5.91 Å². The van der Waals surface area contributed by atoms with Gasteiger partial charge in [-0.1, -0.05) is 22.0 Å². The number of amides is 1. The molecule has 1 amide bonds.